The monoisotopic (exact) mass is 558 g/mol. The van der Waals surface area contributed by atoms with Gasteiger partial charge in [-0.15, -0.1) is 0 Å². The molecule has 2 N–H and O–H groups in total. The van der Waals surface area contributed by atoms with Gasteiger partial charge in [0.05, 0.1) is 4.90 Å². The predicted octanol–water partition coefficient (Wildman–Crippen LogP) is 4.34. The third kappa shape index (κ3) is 6.39. The van der Waals surface area contributed by atoms with Crippen LogP contribution in [0.25, 0.3) is 10.9 Å². The van der Waals surface area contributed by atoms with E-state index in [1.165, 1.54) is 16.4 Å². The highest BCUT2D eigenvalue weighted by molar-refractivity contribution is 7.89. The molecular formula is C28H35ClN4O4S. The molecule has 0 spiro atoms. The van der Waals surface area contributed by atoms with Gasteiger partial charge in [-0.3, -0.25) is 9.59 Å². The first kappa shape index (κ1) is 28.1. The van der Waals surface area contributed by atoms with Gasteiger partial charge in [-0.25, -0.2) is 8.42 Å². The Hall–Kier alpha value is -2.88. The smallest absolute Gasteiger partial charge is 0.268 e. The lowest BCUT2D eigenvalue weighted by Gasteiger charge is -2.24. The Morgan fingerprint density at radius 1 is 1.05 bits per heavy atom. The maximum Gasteiger partial charge on any atom is 0.268 e. The van der Waals surface area contributed by atoms with Gasteiger partial charge < -0.3 is 15.2 Å². The number of para-hydroxylation sites is 1. The number of aromatic nitrogens is 1. The summed E-state index contributed by atoms with van der Waals surface area (Å²) in [6.45, 7) is 4.69. The van der Waals surface area contributed by atoms with Crippen LogP contribution in [0.2, 0.25) is 5.02 Å². The number of benzene rings is 2. The molecule has 1 fully saturated rings. The van der Waals surface area contributed by atoms with Crippen LogP contribution in [0, 0.1) is 5.92 Å². The van der Waals surface area contributed by atoms with Crippen LogP contribution < -0.4 is 10.6 Å². The van der Waals surface area contributed by atoms with Gasteiger partial charge in [0, 0.05) is 42.1 Å². The molecule has 3 aromatic rings. The van der Waals surface area contributed by atoms with Gasteiger partial charge in [0.2, 0.25) is 15.9 Å². The second-order valence-electron chi connectivity index (χ2n) is 10.3. The zero-order chi connectivity index (χ0) is 27.4. The molecular weight excluding hydrogens is 524 g/mol. The summed E-state index contributed by atoms with van der Waals surface area (Å²) in [4.78, 5) is 26.7. The Morgan fingerprint density at radius 2 is 1.76 bits per heavy atom. The highest BCUT2D eigenvalue weighted by atomic mass is 35.5. The van der Waals surface area contributed by atoms with Crippen molar-refractivity contribution >= 4 is 44.3 Å². The van der Waals surface area contributed by atoms with E-state index in [-0.39, 0.29) is 28.7 Å². The predicted molar refractivity (Wildman–Crippen MR) is 150 cm³/mol. The molecule has 0 radical (unpaired) electrons. The molecule has 0 saturated carbocycles. The molecule has 1 aliphatic rings. The van der Waals surface area contributed by atoms with Crippen molar-refractivity contribution in [3.63, 3.8) is 0 Å². The van der Waals surface area contributed by atoms with Crippen LogP contribution in [0.1, 0.15) is 50.0 Å². The van der Waals surface area contributed by atoms with E-state index in [2.05, 4.69) is 10.6 Å². The van der Waals surface area contributed by atoms with Crippen molar-refractivity contribution in [3.8, 4) is 0 Å². The Morgan fingerprint density at radius 3 is 2.45 bits per heavy atom. The Labute approximate surface area is 229 Å². The number of nitrogens with one attached hydrogen (secondary N) is 2. The molecule has 8 nitrogen and oxygen atoms in total. The van der Waals surface area contributed by atoms with Gasteiger partial charge in [0.15, 0.2) is 0 Å². The van der Waals surface area contributed by atoms with Gasteiger partial charge in [0.25, 0.3) is 5.91 Å². The fourth-order valence-electron chi connectivity index (χ4n) is 4.95. The summed E-state index contributed by atoms with van der Waals surface area (Å²) in [7, 11) is -1.81. The summed E-state index contributed by atoms with van der Waals surface area (Å²) in [5.41, 5.74) is 1.43. The minimum Gasteiger partial charge on any atom is -0.352 e. The van der Waals surface area contributed by atoms with Crippen molar-refractivity contribution in [2.24, 2.45) is 13.0 Å². The quantitative estimate of drug-likeness (QED) is 0.429. The average molecular weight is 559 g/mol. The van der Waals surface area contributed by atoms with E-state index in [9.17, 15) is 18.0 Å². The SMILES string of the molecule is CC(C)C[C@H](NC(=O)c1cc2ccccc2n1C)C(=O)NC1CCCN(S(=O)(=O)c2ccc(Cl)cc2)CC1. The molecule has 1 unspecified atom stereocenters. The van der Waals surface area contributed by atoms with E-state index < -0.39 is 16.1 Å². The lowest BCUT2D eigenvalue weighted by molar-refractivity contribution is -0.124. The highest BCUT2D eigenvalue weighted by Crippen LogP contribution is 2.23. The van der Waals surface area contributed by atoms with Gasteiger partial charge >= 0.3 is 0 Å². The number of halogens is 1. The highest BCUT2D eigenvalue weighted by Gasteiger charge is 2.30. The third-order valence-corrected chi connectivity index (χ3v) is 9.16. The lowest BCUT2D eigenvalue weighted by atomic mass is 10.0. The van der Waals surface area contributed by atoms with Crippen molar-refractivity contribution < 1.29 is 18.0 Å². The van der Waals surface area contributed by atoms with Gasteiger partial charge in [0.1, 0.15) is 11.7 Å². The molecule has 4 rings (SSSR count). The third-order valence-electron chi connectivity index (χ3n) is 7.00. The van der Waals surface area contributed by atoms with Crippen LogP contribution in [0.4, 0.5) is 0 Å². The topological polar surface area (TPSA) is 101 Å². The minimum absolute atomic E-state index is 0.183. The summed E-state index contributed by atoms with van der Waals surface area (Å²) in [5.74, 6) is -0.358. The normalized spacial score (nSPS) is 17.8. The van der Waals surface area contributed by atoms with E-state index in [0.29, 0.717) is 49.5 Å². The van der Waals surface area contributed by atoms with Gasteiger partial charge in [-0.1, -0.05) is 43.6 Å². The van der Waals surface area contributed by atoms with Crippen LogP contribution in [0.5, 0.6) is 0 Å². The second-order valence-corrected chi connectivity index (χ2v) is 12.7. The maximum absolute atomic E-state index is 13.3. The molecule has 38 heavy (non-hydrogen) atoms. The molecule has 1 aromatic heterocycles. The Balaban J connectivity index is 1.41. The fourth-order valence-corrected chi connectivity index (χ4v) is 6.57. The fraction of sp³-hybridized carbons (Fsp3) is 0.429. The van der Waals surface area contributed by atoms with Crippen molar-refractivity contribution in [1.29, 1.82) is 0 Å². The van der Waals surface area contributed by atoms with E-state index in [1.54, 1.807) is 12.1 Å². The molecule has 2 atom stereocenters. The largest absolute Gasteiger partial charge is 0.352 e. The number of rotatable bonds is 8. The van der Waals surface area contributed by atoms with Crippen molar-refractivity contribution in [1.82, 2.24) is 19.5 Å². The molecule has 2 aromatic carbocycles. The molecule has 204 valence electrons. The van der Waals surface area contributed by atoms with Crippen molar-refractivity contribution in [2.75, 3.05) is 13.1 Å². The number of carbonyl (C=O) groups is 2. The first-order valence-corrected chi connectivity index (χ1v) is 14.8. The molecule has 1 saturated heterocycles. The van der Waals surface area contributed by atoms with Crippen LogP contribution in [0.15, 0.2) is 59.5 Å². The number of nitrogens with zero attached hydrogens (tertiary/aromatic N) is 2. The lowest BCUT2D eigenvalue weighted by Crippen LogP contribution is -2.50. The van der Waals surface area contributed by atoms with Gasteiger partial charge in [-0.05, 0) is 68.0 Å². The van der Waals surface area contributed by atoms with E-state index >= 15 is 0 Å². The number of fused-ring (bicyclic) bond motifs is 1. The van der Waals surface area contributed by atoms with Crippen molar-refractivity contribution in [2.45, 2.75) is 56.5 Å². The summed E-state index contributed by atoms with van der Waals surface area (Å²) < 4.78 is 29.5. The van der Waals surface area contributed by atoms with Crippen LogP contribution in [-0.2, 0) is 21.9 Å². The second kappa shape index (κ2) is 11.9. The maximum atomic E-state index is 13.3. The van der Waals surface area contributed by atoms with Gasteiger partial charge in [-0.2, -0.15) is 4.31 Å². The van der Waals surface area contributed by atoms with Crippen LogP contribution >= 0.6 is 11.6 Å². The number of hydrogen-bond acceptors (Lipinski definition) is 4. The summed E-state index contributed by atoms with van der Waals surface area (Å²) in [6.07, 6.45) is 2.26. The van der Waals surface area contributed by atoms with Crippen LogP contribution in [0.3, 0.4) is 0 Å². The van der Waals surface area contributed by atoms with Crippen LogP contribution in [-0.4, -0.2) is 54.3 Å². The van der Waals surface area contributed by atoms with E-state index in [0.717, 1.165) is 10.9 Å². The number of hydrogen-bond donors (Lipinski definition) is 2. The zero-order valence-electron chi connectivity index (χ0n) is 22.0. The summed E-state index contributed by atoms with van der Waals surface area (Å²) in [6, 6.07) is 14.9. The number of amides is 2. The molecule has 2 amide bonds. The average Bonchev–Trinajstić information content (AvgIpc) is 3.04. The molecule has 0 aliphatic carbocycles. The zero-order valence-corrected chi connectivity index (χ0v) is 23.6. The first-order valence-electron chi connectivity index (χ1n) is 13.0. The Bertz CT molecular complexity index is 1400. The van der Waals surface area contributed by atoms with E-state index in [1.807, 2.05) is 55.8 Å². The molecule has 2 heterocycles. The number of carbonyl (C=O) groups excluding carboxylic acids is 2. The summed E-state index contributed by atoms with van der Waals surface area (Å²) in [5, 5.41) is 7.46. The van der Waals surface area contributed by atoms with Crippen molar-refractivity contribution in [3.05, 3.63) is 65.3 Å². The Kier molecular flexibility index (Phi) is 8.80. The minimum atomic E-state index is -3.65. The molecule has 0 bridgehead atoms. The van der Waals surface area contributed by atoms with E-state index in [4.69, 9.17) is 11.6 Å². The number of aryl methyl sites for hydroxylation is 1. The molecule has 1 aliphatic heterocycles. The standard InChI is InChI=1S/C28H35ClN4O4S/c1-19(2)17-24(31-28(35)26-18-20-7-4-5-9-25(20)32(26)3)27(34)30-22-8-6-15-33(16-14-22)38(36,37)23-12-10-21(29)11-13-23/h4-5,7,9-13,18-19,22,24H,6,8,14-17H2,1-3H3,(H,30,34)(H,31,35)/t22?,24-/m0/s1. The number of sulfonamides is 1. The first-order chi connectivity index (χ1) is 18.1. The summed E-state index contributed by atoms with van der Waals surface area (Å²) >= 11 is 5.91. The molecule has 10 heteroatoms.